The predicted octanol–water partition coefficient (Wildman–Crippen LogP) is 4.48. The minimum Gasteiger partial charge on any atom is -0.497 e. The molecule has 3 aromatic rings. The van der Waals surface area contributed by atoms with E-state index in [1.54, 1.807) is 42.1 Å². The number of ether oxygens (including phenoxy) is 1. The van der Waals surface area contributed by atoms with Gasteiger partial charge < -0.3 is 10.1 Å². The molecule has 25 heavy (non-hydrogen) atoms. The van der Waals surface area contributed by atoms with E-state index in [1.165, 1.54) is 0 Å². The summed E-state index contributed by atoms with van der Waals surface area (Å²) in [6.45, 7) is 2.64. The lowest BCUT2D eigenvalue weighted by Gasteiger charge is -2.05. The van der Waals surface area contributed by atoms with Gasteiger partial charge in [-0.05, 0) is 55.5 Å². The molecule has 0 aliphatic heterocycles. The third-order valence-electron chi connectivity index (χ3n) is 3.78. The SMILES string of the molecule is CCn1nc(C(=O)Nc2cccc(Cl)c2)cc1-c1ccc(OC)cc1. The number of nitrogens with one attached hydrogen (secondary N) is 1. The summed E-state index contributed by atoms with van der Waals surface area (Å²) < 4.78 is 6.98. The van der Waals surface area contributed by atoms with Gasteiger partial charge in [-0.3, -0.25) is 9.48 Å². The molecule has 128 valence electrons. The number of carbonyl (C=O) groups excluding carboxylic acids is 1. The van der Waals surface area contributed by atoms with Gasteiger partial charge in [-0.25, -0.2) is 0 Å². The highest BCUT2D eigenvalue weighted by molar-refractivity contribution is 6.30. The molecule has 1 amide bonds. The van der Waals surface area contributed by atoms with Gasteiger partial charge in [0.15, 0.2) is 5.69 Å². The molecule has 2 aromatic carbocycles. The standard InChI is InChI=1S/C19H18ClN3O2/c1-3-23-18(13-7-9-16(25-2)10-8-13)12-17(22-23)19(24)21-15-6-4-5-14(20)11-15/h4-12H,3H2,1-2H3,(H,21,24). The van der Waals surface area contributed by atoms with E-state index in [2.05, 4.69) is 10.4 Å². The fraction of sp³-hybridized carbons (Fsp3) is 0.158. The maximum absolute atomic E-state index is 12.5. The third kappa shape index (κ3) is 3.83. The molecule has 0 aliphatic carbocycles. The first-order chi connectivity index (χ1) is 12.1. The fourth-order valence-electron chi connectivity index (χ4n) is 2.52. The van der Waals surface area contributed by atoms with E-state index in [9.17, 15) is 4.79 Å². The van der Waals surface area contributed by atoms with Crippen LogP contribution in [-0.4, -0.2) is 22.8 Å². The molecule has 0 spiro atoms. The number of methoxy groups -OCH3 is 1. The van der Waals surface area contributed by atoms with E-state index in [1.807, 2.05) is 31.2 Å². The fourth-order valence-corrected chi connectivity index (χ4v) is 2.71. The van der Waals surface area contributed by atoms with E-state index in [0.29, 0.717) is 22.9 Å². The molecule has 3 rings (SSSR count). The Bertz CT molecular complexity index is 888. The summed E-state index contributed by atoms with van der Waals surface area (Å²) in [5.74, 6) is 0.509. The molecular weight excluding hydrogens is 338 g/mol. The highest BCUT2D eigenvalue weighted by Crippen LogP contribution is 2.24. The molecule has 5 nitrogen and oxygen atoms in total. The van der Waals surface area contributed by atoms with Crippen LogP contribution in [0, 0.1) is 0 Å². The number of rotatable bonds is 5. The van der Waals surface area contributed by atoms with E-state index < -0.39 is 0 Å². The lowest BCUT2D eigenvalue weighted by Crippen LogP contribution is -2.13. The topological polar surface area (TPSA) is 56.2 Å². The molecule has 6 heteroatoms. The number of anilines is 1. The molecule has 0 radical (unpaired) electrons. The summed E-state index contributed by atoms with van der Waals surface area (Å²) in [7, 11) is 1.63. The Kier molecular flexibility index (Phi) is 5.05. The van der Waals surface area contributed by atoms with Gasteiger partial charge in [0.1, 0.15) is 5.75 Å². The van der Waals surface area contributed by atoms with Crippen molar-refractivity contribution in [3.05, 3.63) is 65.3 Å². The first-order valence-corrected chi connectivity index (χ1v) is 8.27. The summed E-state index contributed by atoms with van der Waals surface area (Å²) in [5, 5.41) is 7.79. The smallest absolute Gasteiger partial charge is 0.276 e. The minimum absolute atomic E-state index is 0.274. The van der Waals surface area contributed by atoms with Crippen LogP contribution in [0.5, 0.6) is 5.75 Å². The second-order valence-electron chi connectivity index (χ2n) is 5.42. The van der Waals surface area contributed by atoms with Gasteiger partial charge in [-0.1, -0.05) is 17.7 Å². The molecule has 0 fully saturated rings. The van der Waals surface area contributed by atoms with Crippen LogP contribution in [0.4, 0.5) is 5.69 Å². The largest absolute Gasteiger partial charge is 0.497 e. The number of aromatic nitrogens is 2. The molecule has 0 saturated heterocycles. The van der Waals surface area contributed by atoms with Crippen LogP contribution in [0.15, 0.2) is 54.6 Å². The monoisotopic (exact) mass is 355 g/mol. The number of hydrogen-bond donors (Lipinski definition) is 1. The predicted molar refractivity (Wildman–Crippen MR) is 99.3 cm³/mol. The van der Waals surface area contributed by atoms with Crippen LogP contribution in [0.3, 0.4) is 0 Å². The summed E-state index contributed by atoms with van der Waals surface area (Å²) in [6, 6.07) is 16.5. The van der Waals surface area contributed by atoms with Crippen molar-refractivity contribution in [3.8, 4) is 17.0 Å². The highest BCUT2D eigenvalue weighted by Gasteiger charge is 2.15. The van der Waals surface area contributed by atoms with E-state index in [-0.39, 0.29) is 5.91 Å². The number of aryl methyl sites for hydroxylation is 1. The molecule has 1 N–H and O–H groups in total. The van der Waals surface area contributed by atoms with Crippen molar-refractivity contribution in [2.45, 2.75) is 13.5 Å². The van der Waals surface area contributed by atoms with Gasteiger partial charge in [0, 0.05) is 22.8 Å². The molecule has 1 heterocycles. The second kappa shape index (κ2) is 7.40. The Morgan fingerprint density at radius 1 is 1.20 bits per heavy atom. The zero-order valence-electron chi connectivity index (χ0n) is 14.0. The molecule has 0 saturated carbocycles. The van der Waals surface area contributed by atoms with Crippen LogP contribution in [-0.2, 0) is 6.54 Å². The maximum atomic E-state index is 12.5. The Morgan fingerprint density at radius 3 is 2.60 bits per heavy atom. The summed E-state index contributed by atoms with van der Waals surface area (Å²) >= 11 is 5.95. The number of carbonyl (C=O) groups is 1. The second-order valence-corrected chi connectivity index (χ2v) is 5.86. The quantitative estimate of drug-likeness (QED) is 0.733. The molecule has 0 unspecified atom stereocenters. The average molecular weight is 356 g/mol. The summed E-state index contributed by atoms with van der Waals surface area (Å²) in [6.07, 6.45) is 0. The Balaban J connectivity index is 1.87. The normalized spacial score (nSPS) is 10.5. The van der Waals surface area contributed by atoms with Gasteiger partial charge in [-0.2, -0.15) is 5.10 Å². The molecule has 0 aliphatic rings. The van der Waals surface area contributed by atoms with Gasteiger partial charge in [0.25, 0.3) is 5.91 Å². The number of benzene rings is 2. The Morgan fingerprint density at radius 2 is 1.96 bits per heavy atom. The molecule has 1 aromatic heterocycles. The van der Waals surface area contributed by atoms with Crippen LogP contribution in [0.25, 0.3) is 11.3 Å². The number of hydrogen-bond acceptors (Lipinski definition) is 3. The third-order valence-corrected chi connectivity index (χ3v) is 4.02. The lowest BCUT2D eigenvalue weighted by atomic mass is 10.1. The number of amides is 1. The van der Waals surface area contributed by atoms with Crippen molar-refractivity contribution < 1.29 is 9.53 Å². The molecular formula is C19H18ClN3O2. The van der Waals surface area contributed by atoms with Crippen molar-refractivity contribution in [2.24, 2.45) is 0 Å². The van der Waals surface area contributed by atoms with Crippen molar-refractivity contribution in [3.63, 3.8) is 0 Å². The van der Waals surface area contributed by atoms with Crippen molar-refractivity contribution in [1.29, 1.82) is 0 Å². The molecule has 0 bridgehead atoms. The van der Waals surface area contributed by atoms with E-state index in [0.717, 1.165) is 17.0 Å². The first-order valence-electron chi connectivity index (χ1n) is 7.90. The van der Waals surface area contributed by atoms with Gasteiger partial charge in [0.2, 0.25) is 0 Å². The highest BCUT2D eigenvalue weighted by atomic mass is 35.5. The van der Waals surface area contributed by atoms with Crippen LogP contribution in [0.2, 0.25) is 5.02 Å². The average Bonchev–Trinajstić information content (AvgIpc) is 3.06. The first kappa shape index (κ1) is 17.0. The summed E-state index contributed by atoms with van der Waals surface area (Å²) in [4.78, 5) is 12.5. The van der Waals surface area contributed by atoms with Gasteiger partial charge in [-0.15, -0.1) is 0 Å². The number of halogens is 1. The zero-order chi connectivity index (χ0) is 17.8. The lowest BCUT2D eigenvalue weighted by molar-refractivity contribution is 0.102. The van der Waals surface area contributed by atoms with Crippen LogP contribution < -0.4 is 10.1 Å². The van der Waals surface area contributed by atoms with Crippen molar-refractivity contribution >= 4 is 23.2 Å². The minimum atomic E-state index is -0.274. The van der Waals surface area contributed by atoms with Crippen molar-refractivity contribution in [1.82, 2.24) is 9.78 Å². The number of nitrogens with zero attached hydrogens (tertiary/aromatic N) is 2. The molecule has 0 atom stereocenters. The van der Waals surface area contributed by atoms with Gasteiger partial charge >= 0.3 is 0 Å². The van der Waals surface area contributed by atoms with Crippen LogP contribution in [0.1, 0.15) is 17.4 Å². The van der Waals surface area contributed by atoms with E-state index in [4.69, 9.17) is 16.3 Å². The summed E-state index contributed by atoms with van der Waals surface area (Å²) in [5.41, 5.74) is 2.83. The van der Waals surface area contributed by atoms with Gasteiger partial charge in [0.05, 0.1) is 12.8 Å². The zero-order valence-corrected chi connectivity index (χ0v) is 14.7. The maximum Gasteiger partial charge on any atom is 0.276 e. The Labute approximate surface area is 151 Å². The Hall–Kier alpha value is -2.79. The van der Waals surface area contributed by atoms with E-state index >= 15 is 0 Å². The van der Waals surface area contributed by atoms with Crippen molar-refractivity contribution in [2.75, 3.05) is 12.4 Å². The van der Waals surface area contributed by atoms with Crippen LogP contribution >= 0.6 is 11.6 Å².